The van der Waals surface area contributed by atoms with Gasteiger partial charge in [0.25, 0.3) is 0 Å². The maximum atomic E-state index is 12.0. The van der Waals surface area contributed by atoms with Gasteiger partial charge in [-0.3, -0.25) is 4.79 Å². The summed E-state index contributed by atoms with van der Waals surface area (Å²) < 4.78 is 26.4. The highest BCUT2D eigenvalue weighted by atomic mass is 32.2. The van der Waals surface area contributed by atoms with Gasteiger partial charge >= 0.3 is 0 Å². The van der Waals surface area contributed by atoms with Crippen LogP contribution in [-0.2, 0) is 14.8 Å². The molecule has 1 fully saturated rings. The lowest BCUT2D eigenvalue weighted by molar-refractivity contribution is -0.123. The van der Waals surface area contributed by atoms with E-state index in [0.717, 1.165) is 0 Å². The van der Waals surface area contributed by atoms with Gasteiger partial charge < -0.3 is 10.6 Å². The van der Waals surface area contributed by atoms with E-state index in [1.54, 1.807) is 6.92 Å². The van der Waals surface area contributed by atoms with E-state index in [2.05, 4.69) is 15.4 Å². The molecule has 1 heterocycles. The van der Waals surface area contributed by atoms with Crippen LogP contribution >= 0.6 is 0 Å². The molecule has 0 radical (unpaired) electrons. The van der Waals surface area contributed by atoms with Gasteiger partial charge in [0.15, 0.2) is 0 Å². The molecule has 106 valence electrons. The zero-order valence-corrected chi connectivity index (χ0v) is 12.2. The molecule has 0 spiro atoms. The molecule has 3 N–H and O–H groups in total. The summed E-state index contributed by atoms with van der Waals surface area (Å²) in [7, 11) is -3.43. The quantitative estimate of drug-likeness (QED) is 0.651. The topological polar surface area (TPSA) is 87.3 Å². The van der Waals surface area contributed by atoms with Crippen LogP contribution in [0.4, 0.5) is 0 Å². The van der Waals surface area contributed by atoms with Crippen LogP contribution < -0.4 is 15.4 Å². The number of amides is 1. The van der Waals surface area contributed by atoms with Crippen molar-refractivity contribution in [3.8, 4) is 0 Å². The number of sulfonamides is 1. The molecule has 2 atom stereocenters. The van der Waals surface area contributed by atoms with Gasteiger partial charge in [0.05, 0.1) is 11.3 Å². The van der Waals surface area contributed by atoms with Gasteiger partial charge in [-0.1, -0.05) is 0 Å². The normalized spacial score (nSPS) is 22.8. The summed E-state index contributed by atoms with van der Waals surface area (Å²) in [5, 5.41) is 5.31. The predicted molar refractivity (Wildman–Crippen MR) is 70.7 cm³/mol. The molecule has 1 saturated heterocycles. The predicted octanol–water partition coefficient (Wildman–Crippen LogP) is -0.429. The molecule has 7 heteroatoms. The monoisotopic (exact) mass is 277 g/mol. The van der Waals surface area contributed by atoms with Crippen molar-refractivity contribution < 1.29 is 13.2 Å². The Morgan fingerprint density at radius 3 is 2.44 bits per heavy atom. The molecule has 18 heavy (non-hydrogen) atoms. The van der Waals surface area contributed by atoms with Crippen LogP contribution in [0.1, 0.15) is 34.1 Å². The SMILES string of the molecule is CC(NS(=O)(=O)C1CCNC1)C(=O)NC(C)(C)C. The molecule has 6 nitrogen and oxygen atoms in total. The van der Waals surface area contributed by atoms with Gasteiger partial charge in [0.2, 0.25) is 15.9 Å². The Bertz CT molecular complexity index is 394. The molecule has 2 unspecified atom stereocenters. The molecular weight excluding hydrogens is 254 g/mol. The zero-order valence-electron chi connectivity index (χ0n) is 11.4. The van der Waals surface area contributed by atoms with Gasteiger partial charge in [0, 0.05) is 12.1 Å². The second-order valence-corrected chi connectivity index (χ2v) is 7.73. The second-order valence-electron chi connectivity index (χ2n) is 5.74. The van der Waals surface area contributed by atoms with Crippen molar-refractivity contribution in [1.82, 2.24) is 15.4 Å². The molecule has 1 rings (SSSR count). The number of rotatable bonds is 4. The first-order valence-corrected chi connectivity index (χ1v) is 7.70. The lowest BCUT2D eigenvalue weighted by atomic mass is 10.1. The first-order chi connectivity index (χ1) is 8.12. The Labute approximate surface area is 109 Å². The second kappa shape index (κ2) is 5.54. The summed E-state index contributed by atoms with van der Waals surface area (Å²) in [5.41, 5.74) is -0.369. The van der Waals surface area contributed by atoms with Crippen LogP contribution in [0.5, 0.6) is 0 Å². The fraction of sp³-hybridized carbons (Fsp3) is 0.909. The highest BCUT2D eigenvalue weighted by Crippen LogP contribution is 2.09. The third-order valence-corrected chi connectivity index (χ3v) is 4.65. The maximum absolute atomic E-state index is 12.0. The maximum Gasteiger partial charge on any atom is 0.238 e. The van der Waals surface area contributed by atoms with Crippen LogP contribution in [0.2, 0.25) is 0 Å². The summed E-state index contributed by atoms with van der Waals surface area (Å²) in [6, 6.07) is -0.755. The number of hydrogen-bond donors (Lipinski definition) is 3. The Morgan fingerprint density at radius 2 is 2.00 bits per heavy atom. The fourth-order valence-corrected chi connectivity index (χ4v) is 3.32. The summed E-state index contributed by atoms with van der Waals surface area (Å²) in [6.07, 6.45) is 0.586. The number of nitrogens with one attached hydrogen (secondary N) is 3. The third-order valence-electron chi connectivity index (χ3n) is 2.69. The molecular formula is C11H23N3O3S. The van der Waals surface area contributed by atoms with E-state index in [1.807, 2.05) is 20.8 Å². The largest absolute Gasteiger partial charge is 0.350 e. The van der Waals surface area contributed by atoms with E-state index >= 15 is 0 Å². The van der Waals surface area contributed by atoms with Crippen LogP contribution in [0.3, 0.4) is 0 Å². The first-order valence-electron chi connectivity index (χ1n) is 6.16. The number of carbonyl (C=O) groups excluding carboxylic acids is 1. The Hall–Kier alpha value is -0.660. The summed E-state index contributed by atoms with van der Waals surface area (Å²) in [6.45, 7) is 8.27. The average molecular weight is 277 g/mol. The smallest absolute Gasteiger partial charge is 0.238 e. The Kier molecular flexibility index (Phi) is 4.74. The summed E-state index contributed by atoms with van der Waals surface area (Å²) >= 11 is 0. The molecule has 0 saturated carbocycles. The average Bonchev–Trinajstić information content (AvgIpc) is 2.66. The molecule has 1 amide bonds. The van der Waals surface area contributed by atoms with Crippen LogP contribution in [0.15, 0.2) is 0 Å². The highest BCUT2D eigenvalue weighted by Gasteiger charge is 2.31. The third kappa shape index (κ3) is 4.55. The van der Waals surface area contributed by atoms with Crippen molar-refractivity contribution in [2.24, 2.45) is 0 Å². The molecule has 1 aliphatic rings. The van der Waals surface area contributed by atoms with Gasteiger partial charge in [0.1, 0.15) is 0 Å². The van der Waals surface area contributed by atoms with Crippen molar-refractivity contribution in [2.45, 2.75) is 50.9 Å². The highest BCUT2D eigenvalue weighted by molar-refractivity contribution is 7.90. The van der Waals surface area contributed by atoms with Crippen LogP contribution in [0, 0.1) is 0 Å². The minimum atomic E-state index is -3.43. The van der Waals surface area contributed by atoms with Crippen molar-refractivity contribution >= 4 is 15.9 Å². The Morgan fingerprint density at radius 1 is 1.39 bits per heavy atom. The standard InChI is InChI=1S/C11H23N3O3S/c1-8(10(15)13-11(2,3)4)14-18(16,17)9-5-6-12-7-9/h8-9,12,14H,5-7H2,1-4H3,(H,13,15). The van der Waals surface area contributed by atoms with Gasteiger partial charge in [-0.2, -0.15) is 0 Å². The van der Waals surface area contributed by atoms with Crippen molar-refractivity contribution in [3.05, 3.63) is 0 Å². The molecule has 0 aliphatic carbocycles. The Balaban J connectivity index is 2.58. The fourth-order valence-electron chi connectivity index (χ4n) is 1.77. The zero-order chi connectivity index (χ0) is 14.0. The van der Waals surface area contributed by atoms with E-state index in [0.29, 0.717) is 19.5 Å². The van der Waals surface area contributed by atoms with E-state index in [1.165, 1.54) is 0 Å². The van der Waals surface area contributed by atoms with Crippen molar-refractivity contribution in [3.63, 3.8) is 0 Å². The number of hydrogen-bond acceptors (Lipinski definition) is 4. The first kappa shape index (κ1) is 15.4. The van der Waals surface area contributed by atoms with E-state index in [4.69, 9.17) is 0 Å². The van der Waals surface area contributed by atoms with Crippen molar-refractivity contribution in [2.75, 3.05) is 13.1 Å². The molecule has 1 aliphatic heterocycles. The van der Waals surface area contributed by atoms with Crippen molar-refractivity contribution in [1.29, 1.82) is 0 Å². The van der Waals surface area contributed by atoms with Gasteiger partial charge in [-0.25, -0.2) is 13.1 Å². The molecule has 0 aromatic rings. The van der Waals surface area contributed by atoms with E-state index < -0.39 is 21.3 Å². The molecule has 0 aromatic heterocycles. The minimum Gasteiger partial charge on any atom is -0.350 e. The van der Waals surface area contributed by atoms with E-state index in [-0.39, 0.29) is 11.4 Å². The summed E-state index contributed by atoms with van der Waals surface area (Å²) in [4.78, 5) is 11.8. The molecule has 0 aromatic carbocycles. The lowest BCUT2D eigenvalue weighted by Crippen LogP contribution is -2.52. The van der Waals surface area contributed by atoms with Crippen LogP contribution in [-0.4, -0.2) is 44.2 Å². The number of carbonyl (C=O) groups is 1. The lowest BCUT2D eigenvalue weighted by Gasteiger charge is -2.24. The minimum absolute atomic E-state index is 0.308. The van der Waals surface area contributed by atoms with Gasteiger partial charge in [-0.15, -0.1) is 0 Å². The molecule has 0 bridgehead atoms. The van der Waals surface area contributed by atoms with Gasteiger partial charge in [-0.05, 0) is 40.7 Å². The summed E-state index contributed by atoms with van der Waals surface area (Å²) in [5.74, 6) is -0.308. The van der Waals surface area contributed by atoms with E-state index in [9.17, 15) is 13.2 Å². The van der Waals surface area contributed by atoms with Crippen LogP contribution in [0.25, 0.3) is 0 Å².